The molecule has 116 valence electrons. The summed E-state index contributed by atoms with van der Waals surface area (Å²) in [5.74, 6) is 0.672. The second kappa shape index (κ2) is 6.53. The standard InChI is InChI=1S/C20H19NO2/c1-21(2)20(22)16-9-6-11-18(13-16)23-14-17-10-5-8-15-7-3-4-12-19(15)17/h3-13H,14H2,1-2H3. The van der Waals surface area contributed by atoms with Crippen LogP contribution in [-0.2, 0) is 6.61 Å². The summed E-state index contributed by atoms with van der Waals surface area (Å²) in [4.78, 5) is 13.6. The van der Waals surface area contributed by atoms with Crippen molar-refractivity contribution in [1.82, 2.24) is 4.90 Å². The molecule has 0 aromatic heterocycles. The molecular formula is C20H19NO2. The van der Waals surface area contributed by atoms with Gasteiger partial charge in [-0.1, -0.05) is 48.5 Å². The van der Waals surface area contributed by atoms with Crippen molar-refractivity contribution in [2.24, 2.45) is 0 Å². The van der Waals surface area contributed by atoms with Crippen LogP contribution in [0.2, 0.25) is 0 Å². The molecule has 0 atom stereocenters. The Kier molecular flexibility index (Phi) is 4.29. The molecule has 0 saturated heterocycles. The lowest BCUT2D eigenvalue weighted by molar-refractivity contribution is 0.0827. The van der Waals surface area contributed by atoms with Crippen molar-refractivity contribution in [3.8, 4) is 5.75 Å². The van der Waals surface area contributed by atoms with E-state index in [-0.39, 0.29) is 5.91 Å². The van der Waals surface area contributed by atoms with Crippen molar-refractivity contribution in [2.75, 3.05) is 14.1 Å². The number of benzene rings is 3. The largest absolute Gasteiger partial charge is 0.489 e. The number of ether oxygens (including phenoxy) is 1. The summed E-state index contributed by atoms with van der Waals surface area (Å²) in [5, 5.41) is 2.39. The second-order valence-electron chi connectivity index (χ2n) is 5.65. The van der Waals surface area contributed by atoms with E-state index < -0.39 is 0 Å². The number of nitrogens with zero attached hydrogens (tertiary/aromatic N) is 1. The molecule has 1 amide bonds. The molecule has 0 fully saturated rings. The topological polar surface area (TPSA) is 29.5 Å². The molecule has 0 saturated carbocycles. The van der Waals surface area contributed by atoms with Crippen LogP contribution in [0.1, 0.15) is 15.9 Å². The van der Waals surface area contributed by atoms with E-state index in [1.165, 1.54) is 10.8 Å². The van der Waals surface area contributed by atoms with Crippen LogP contribution in [0.5, 0.6) is 5.75 Å². The number of carbonyl (C=O) groups is 1. The van der Waals surface area contributed by atoms with E-state index in [2.05, 4.69) is 24.3 Å². The maximum absolute atomic E-state index is 12.0. The lowest BCUT2D eigenvalue weighted by atomic mass is 10.1. The van der Waals surface area contributed by atoms with E-state index in [9.17, 15) is 4.79 Å². The fourth-order valence-electron chi connectivity index (χ4n) is 2.56. The number of amides is 1. The fraction of sp³-hybridized carbons (Fsp3) is 0.150. The van der Waals surface area contributed by atoms with Gasteiger partial charge in [0.2, 0.25) is 0 Å². The van der Waals surface area contributed by atoms with Crippen molar-refractivity contribution < 1.29 is 9.53 Å². The van der Waals surface area contributed by atoms with Gasteiger partial charge in [0.25, 0.3) is 5.91 Å². The zero-order chi connectivity index (χ0) is 16.2. The molecule has 3 aromatic carbocycles. The SMILES string of the molecule is CN(C)C(=O)c1cccc(OCc2cccc3ccccc23)c1. The predicted molar refractivity (Wildman–Crippen MR) is 92.7 cm³/mol. The third kappa shape index (κ3) is 3.34. The monoisotopic (exact) mass is 305 g/mol. The van der Waals surface area contributed by atoms with Crippen LogP contribution in [0.15, 0.2) is 66.7 Å². The van der Waals surface area contributed by atoms with Gasteiger partial charge in [0.05, 0.1) is 0 Å². The van der Waals surface area contributed by atoms with Gasteiger partial charge in [-0.05, 0) is 34.5 Å². The first-order chi connectivity index (χ1) is 11.1. The summed E-state index contributed by atoms with van der Waals surface area (Å²) in [5.41, 5.74) is 1.76. The number of fused-ring (bicyclic) bond motifs is 1. The summed E-state index contributed by atoms with van der Waals surface area (Å²) in [6.45, 7) is 0.473. The smallest absolute Gasteiger partial charge is 0.253 e. The quantitative estimate of drug-likeness (QED) is 0.725. The Labute approximate surface area is 136 Å². The van der Waals surface area contributed by atoms with Gasteiger partial charge in [0.1, 0.15) is 12.4 Å². The van der Waals surface area contributed by atoms with E-state index in [1.807, 2.05) is 30.3 Å². The lowest BCUT2D eigenvalue weighted by Crippen LogP contribution is -2.21. The van der Waals surface area contributed by atoms with Gasteiger partial charge >= 0.3 is 0 Å². The van der Waals surface area contributed by atoms with Crippen molar-refractivity contribution in [3.63, 3.8) is 0 Å². The average Bonchev–Trinajstić information content (AvgIpc) is 2.59. The van der Waals surface area contributed by atoms with Crippen molar-refractivity contribution in [2.45, 2.75) is 6.61 Å². The summed E-state index contributed by atoms with van der Waals surface area (Å²) in [7, 11) is 3.48. The molecule has 0 bridgehead atoms. The minimum Gasteiger partial charge on any atom is -0.489 e. The van der Waals surface area contributed by atoms with Gasteiger partial charge in [0, 0.05) is 19.7 Å². The zero-order valence-electron chi connectivity index (χ0n) is 13.3. The van der Waals surface area contributed by atoms with Crippen molar-refractivity contribution in [1.29, 1.82) is 0 Å². The van der Waals surface area contributed by atoms with Crippen molar-refractivity contribution >= 4 is 16.7 Å². The predicted octanol–water partition coefficient (Wildman–Crippen LogP) is 4.12. The van der Waals surface area contributed by atoms with Crippen LogP contribution < -0.4 is 4.74 Å². The molecule has 3 aromatic rings. The zero-order valence-corrected chi connectivity index (χ0v) is 13.3. The number of carbonyl (C=O) groups excluding carboxylic acids is 1. The van der Waals surface area contributed by atoms with Crippen molar-refractivity contribution in [3.05, 3.63) is 77.9 Å². The van der Waals surface area contributed by atoms with Crippen LogP contribution in [0.3, 0.4) is 0 Å². The second-order valence-corrected chi connectivity index (χ2v) is 5.65. The summed E-state index contributed by atoms with van der Waals surface area (Å²) in [6.07, 6.45) is 0. The molecular weight excluding hydrogens is 286 g/mol. The molecule has 0 radical (unpaired) electrons. The first-order valence-corrected chi connectivity index (χ1v) is 7.56. The molecule has 3 nitrogen and oxygen atoms in total. The molecule has 0 aliphatic heterocycles. The Morgan fingerprint density at radius 2 is 1.70 bits per heavy atom. The minimum absolute atomic E-state index is 0.0272. The van der Waals surface area contributed by atoms with E-state index in [0.717, 1.165) is 5.56 Å². The maximum Gasteiger partial charge on any atom is 0.253 e. The highest BCUT2D eigenvalue weighted by Crippen LogP contribution is 2.21. The molecule has 0 aliphatic rings. The van der Waals surface area contributed by atoms with Gasteiger partial charge in [-0.15, -0.1) is 0 Å². The Bertz CT molecular complexity index is 834. The van der Waals surface area contributed by atoms with E-state index in [0.29, 0.717) is 17.9 Å². The Balaban J connectivity index is 1.80. The van der Waals surface area contributed by atoms with E-state index in [4.69, 9.17) is 4.74 Å². The molecule has 23 heavy (non-hydrogen) atoms. The van der Waals surface area contributed by atoms with Gasteiger partial charge < -0.3 is 9.64 Å². The van der Waals surface area contributed by atoms with E-state index >= 15 is 0 Å². The molecule has 0 unspecified atom stereocenters. The summed E-state index contributed by atoms with van der Waals surface area (Å²) >= 11 is 0. The highest BCUT2D eigenvalue weighted by atomic mass is 16.5. The molecule has 0 N–H and O–H groups in total. The minimum atomic E-state index is -0.0272. The third-order valence-corrected chi connectivity index (χ3v) is 3.76. The molecule has 0 spiro atoms. The average molecular weight is 305 g/mol. The summed E-state index contributed by atoms with van der Waals surface area (Å²) in [6, 6.07) is 21.7. The lowest BCUT2D eigenvalue weighted by Gasteiger charge is -2.12. The normalized spacial score (nSPS) is 10.5. The Morgan fingerprint density at radius 3 is 2.52 bits per heavy atom. The first kappa shape index (κ1) is 15.1. The molecule has 3 rings (SSSR count). The van der Waals surface area contributed by atoms with Gasteiger partial charge in [-0.25, -0.2) is 0 Å². The number of hydrogen-bond acceptors (Lipinski definition) is 2. The highest BCUT2D eigenvalue weighted by molar-refractivity contribution is 5.94. The van der Waals surface area contributed by atoms with Crippen LogP contribution in [-0.4, -0.2) is 24.9 Å². The maximum atomic E-state index is 12.0. The summed E-state index contributed by atoms with van der Waals surface area (Å²) < 4.78 is 5.90. The van der Waals surface area contributed by atoms with Gasteiger partial charge in [-0.2, -0.15) is 0 Å². The molecule has 0 aliphatic carbocycles. The molecule has 3 heteroatoms. The number of rotatable bonds is 4. The first-order valence-electron chi connectivity index (χ1n) is 7.56. The Morgan fingerprint density at radius 1 is 0.957 bits per heavy atom. The van der Waals surface area contributed by atoms with Crippen LogP contribution in [0, 0.1) is 0 Å². The van der Waals surface area contributed by atoms with Crippen LogP contribution in [0.25, 0.3) is 10.8 Å². The van der Waals surface area contributed by atoms with Gasteiger partial charge in [-0.3, -0.25) is 4.79 Å². The van der Waals surface area contributed by atoms with E-state index in [1.54, 1.807) is 31.1 Å². The van der Waals surface area contributed by atoms with Crippen LogP contribution in [0.4, 0.5) is 0 Å². The van der Waals surface area contributed by atoms with Crippen LogP contribution >= 0.6 is 0 Å². The molecule has 0 heterocycles. The van der Waals surface area contributed by atoms with Gasteiger partial charge in [0.15, 0.2) is 0 Å². The highest BCUT2D eigenvalue weighted by Gasteiger charge is 2.09. The third-order valence-electron chi connectivity index (χ3n) is 3.76. The Hall–Kier alpha value is -2.81. The fourth-order valence-corrected chi connectivity index (χ4v) is 2.56. The number of hydrogen-bond donors (Lipinski definition) is 0.